The third-order valence-electron chi connectivity index (χ3n) is 8.79. The number of rotatable bonds is 1. The first-order valence-electron chi connectivity index (χ1n) is 13.5. The fourth-order valence-electron chi connectivity index (χ4n) is 6.99. The number of furan rings is 1. The van der Waals surface area contributed by atoms with Gasteiger partial charge in [0.2, 0.25) is 5.71 Å². The molecule has 184 valence electrons. The van der Waals surface area contributed by atoms with Gasteiger partial charge in [0.15, 0.2) is 0 Å². The largest absolute Gasteiger partial charge is 0.438 e. The van der Waals surface area contributed by atoms with Crippen molar-refractivity contribution < 1.29 is 4.42 Å². The van der Waals surface area contributed by atoms with Crippen LogP contribution in [-0.2, 0) is 5.41 Å². The Bertz CT molecular complexity index is 2320. The van der Waals surface area contributed by atoms with E-state index in [1.807, 2.05) is 18.2 Å². The smallest absolute Gasteiger partial charge is 0.230 e. The molecule has 0 atom stereocenters. The van der Waals surface area contributed by atoms with E-state index >= 15 is 0 Å². The van der Waals surface area contributed by atoms with Crippen LogP contribution in [0.15, 0.2) is 114 Å². The molecule has 0 radical (unpaired) electrons. The van der Waals surface area contributed by atoms with Gasteiger partial charge in [-0.2, -0.15) is 0 Å². The molecule has 0 saturated carbocycles. The minimum absolute atomic E-state index is 0.0840. The monoisotopic (exact) mass is 500 g/mol. The summed E-state index contributed by atoms with van der Waals surface area (Å²) in [4.78, 5) is 4.97. The molecule has 3 heterocycles. The summed E-state index contributed by atoms with van der Waals surface area (Å²) in [5, 5.41) is 5.76. The molecule has 0 aliphatic heterocycles. The number of fused-ring (bicyclic) bond motifs is 10. The number of hydrogen-bond donors (Lipinski definition) is 0. The van der Waals surface area contributed by atoms with E-state index in [0.717, 1.165) is 32.9 Å². The lowest BCUT2D eigenvalue weighted by atomic mass is 9.82. The van der Waals surface area contributed by atoms with Gasteiger partial charge in [-0.05, 0) is 52.6 Å². The van der Waals surface area contributed by atoms with Gasteiger partial charge in [0.1, 0.15) is 5.58 Å². The van der Waals surface area contributed by atoms with E-state index in [-0.39, 0.29) is 5.41 Å². The van der Waals surface area contributed by atoms with E-state index in [0.29, 0.717) is 5.71 Å². The van der Waals surface area contributed by atoms with Crippen molar-refractivity contribution in [3.05, 3.63) is 120 Å². The molecule has 0 saturated heterocycles. The Morgan fingerprint density at radius 3 is 2.23 bits per heavy atom. The SMILES string of the molecule is CC1(C)c2ccccc2-c2cc3c4ccccc4n(-c4c5ccccc5nc5oc6ccccc6c45)c3cc21. The molecular weight excluding hydrogens is 476 g/mol. The maximum Gasteiger partial charge on any atom is 0.230 e. The third-order valence-corrected chi connectivity index (χ3v) is 8.79. The Kier molecular flexibility index (Phi) is 3.86. The fourth-order valence-corrected chi connectivity index (χ4v) is 6.99. The second-order valence-electron chi connectivity index (χ2n) is 11.2. The average molecular weight is 501 g/mol. The number of nitrogens with zero attached hydrogens (tertiary/aromatic N) is 2. The molecular formula is C36H24N2O. The van der Waals surface area contributed by atoms with Crippen LogP contribution in [0.25, 0.3) is 71.6 Å². The van der Waals surface area contributed by atoms with Gasteiger partial charge < -0.3 is 8.98 Å². The van der Waals surface area contributed by atoms with Gasteiger partial charge in [-0.3, -0.25) is 0 Å². The van der Waals surface area contributed by atoms with Crippen LogP contribution in [0.4, 0.5) is 0 Å². The van der Waals surface area contributed by atoms with Crippen LogP contribution in [0.5, 0.6) is 0 Å². The molecule has 1 aliphatic carbocycles. The van der Waals surface area contributed by atoms with Crippen LogP contribution < -0.4 is 0 Å². The minimum atomic E-state index is -0.0840. The number of pyridine rings is 1. The predicted molar refractivity (Wildman–Crippen MR) is 161 cm³/mol. The first-order chi connectivity index (χ1) is 19.1. The normalized spacial score (nSPS) is 14.1. The molecule has 0 spiro atoms. The highest BCUT2D eigenvalue weighted by atomic mass is 16.3. The molecule has 0 N–H and O–H groups in total. The molecule has 0 unspecified atom stereocenters. The van der Waals surface area contributed by atoms with Gasteiger partial charge >= 0.3 is 0 Å². The number of benzene rings is 5. The van der Waals surface area contributed by atoms with Gasteiger partial charge in [0.25, 0.3) is 0 Å². The molecule has 3 aromatic heterocycles. The molecule has 1 aliphatic rings. The van der Waals surface area contributed by atoms with Crippen molar-refractivity contribution in [2.24, 2.45) is 0 Å². The molecule has 3 nitrogen and oxygen atoms in total. The Morgan fingerprint density at radius 2 is 1.33 bits per heavy atom. The van der Waals surface area contributed by atoms with Crippen molar-refractivity contribution >= 4 is 54.8 Å². The maximum atomic E-state index is 6.35. The Hall–Kier alpha value is -4.89. The summed E-state index contributed by atoms with van der Waals surface area (Å²) in [6.07, 6.45) is 0. The number of aromatic nitrogens is 2. The van der Waals surface area contributed by atoms with Gasteiger partial charge in [0, 0.05) is 27.0 Å². The second-order valence-corrected chi connectivity index (χ2v) is 11.2. The predicted octanol–water partition coefficient (Wildman–Crippen LogP) is 9.54. The van der Waals surface area contributed by atoms with Crippen molar-refractivity contribution in [1.82, 2.24) is 9.55 Å². The number of hydrogen-bond acceptors (Lipinski definition) is 2. The third kappa shape index (κ3) is 2.60. The Balaban J connectivity index is 1.52. The number of para-hydroxylation sites is 3. The molecule has 0 bridgehead atoms. The molecule has 39 heavy (non-hydrogen) atoms. The maximum absolute atomic E-state index is 6.35. The van der Waals surface area contributed by atoms with Crippen LogP contribution in [-0.4, -0.2) is 9.55 Å². The molecule has 5 aromatic carbocycles. The zero-order valence-electron chi connectivity index (χ0n) is 21.7. The van der Waals surface area contributed by atoms with Gasteiger partial charge in [-0.1, -0.05) is 92.7 Å². The summed E-state index contributed by atoms with van der Waals surface area (Å²) in [6, 6.07) is 39.2. The van der Waals surface area contributed by atoms with Crippen molar-refractivity contribution in [2.45, 2.75) is 19.3 Å². The molecule has 9 rings (SSSR count). The summed E-state index contributed by atoms with van der Waals surface area (Å²) in [5.41, 5.74) is 11.3. The van der Waals surface area contributed by atoms with Crippen molar-refractivity contribution in [1.29, 1.82) is 0 Å². The lowest BCUT2D eigenvalue weighted by Crippen LogP contribution is -2.15. The van der Waals surface area contributed by atoms with E-state index in [9.17, 15) is 0 Å². The van der Waals surface area contributed by atoms with Crippen LogP contribution in [0.3, 0.4) is 0 Å². The minimum Gasteiger partial charge on any atom is -0.438 e. The van der Waals surface area contributed by atoms with E-state index in [2.05, 4.69) is 109 Å². The molecule has 3 heteroatoms. The Morgan fingerprint density at radius 1 is 0.615 bits per heavy atom. The first kappa shape index (κ1) is 21.1. The summed E-state index contributed by atoms with van der Waals surface area (Å²) in [6.45, 7) is 4.69. The summed E-state index contributed by atoms with van der Waals surface area (Å²) >= 11 is 0. The van der Waals surface area contributed by atoms with Crippen LogP contribution in [0.2, 0.25) is 0 Å². The van der Waals surface area contributed by atoms with E-state index < -0.39 is 0 Å². The average Bonchev–Trinajstić information content (AvgIpc) is 3.57. The topological polar surface area (TPSA) is 31.0 Å². The van der Waals surface area contributed by atoms with E-state index in [1.165, 1.54) is 44.1 Å². The molecule has 0 amide bonds. The Labute approximate surface area is 224 Å². The zero-order valence-corrected chi connectivity index (χ0v) is 21.7. The van der Waals surface area contributed by atoms with Crippen LogP contribution in [0, 0.1) is 0 Å². The van der Waals surface area contributed by atoms with Gasteiger partial charge in [-0.15, -0.1) is 0 Å². The lowest BCUT2D eigenvalue weighted by molar-refractivity contribution is 0.656. The summed E-state index contributed by atoms with van der Waals surface area (Å²) in [7, 11) is 0. The highest BCUT2D eigenvalue weighted by Crippen LogP contribution is 2.51. The fraction of sp³-hybridized carbons (Fsp3) is 0.0833. The highest BCUT2D eigenvalue weighted by Gasteiger charge is 2.36. The molecule has 8 aromatic rings. The summed E-state index contributed by atoms with van der Waals surface area (Å²) < 4.78 is 8.80. The van der Waals surface area contributed by atoms with Crippen LogP contribution in [0.1, 0.15) is 25.0 Å². The second kappa shape index (κ2) is 7.15. The van der Waals surface area contributed by atoms with E-state index in [1.54, 1.807) is 0 Å². The van der Waals surface area contributed by atoms with Crippen LogP contribution >= 0.6 is 0 Å². The van der Waals surface area contributed by atoms with E-state index in [4.69, 9.17) is 9.40 Å². The lowest BCUT2D eigenvalue weighted by Gasteiger charge is -2.22. The molecule has 0 fully saturated rings. The first-order valence-corrected chi connectivity index (χ1v) is 13.5. The van der Waals surface area contributed by atoms with Crippen molar-refractivity contribution in [3.8, 4) is 16.8 Å². The van der Waals surface area contributed by atoms with Crippen molar-refractivity contribution in [2.75, 3.05) is 0 Å². The quantitative estimate of drug-likeness (QED) is 0.225. The highest BCUT2D eigenvalue weighted by molar-refractivity contribution is 6.19. The van der Waals surface area contributed by atoms with Gasteiger partial charge in [-0.25, -0.2) is 4.98 Å². The summed E-state index contributed by atoms with van der Waals surface area (Å²) in [5.74, 6) is 0. The van der Waals surface area contributed by atoms with Gasteiger partial charge in [0.05, 0.1) is 27.6 Å². The zero-order chi connectivity index (χ0) is 25.9. The van der Waals surface area contributed by atoms with Crippen molar-refractivity contribution in [3.63, 3.8) is 0 Å². The standard InChI is InChI=1S/C36H24N2O/c1-36(2)27-15-7-3-11-21(27)25-19-26-22-12-5-9-17-30(22)38(31(26)20-28(25)36)34-23-13-4-8-16-29(23)37-35-33(34)24-14-6-10-18-32(24)39-35/h3-20H,1-2H3.